The molecule has 1 fully saturated rings. The number of ether oxygens (including phenoxy) is 1. The average Bonchev–Trinajstić information content (AvgIpc) is 2.86. The fraction of sp³-hybridized carbons (Fsp3) is 0.588. The van der Waals surface area contributed by atoms with Gasteiger partial charge in [0.15, 0.2) is 5.78 Å². The first-order valence-corrected chi connectivity index (χ1v) is 7.50. The molecular weight excluding hydrogens is 236 g/mol. The van der Waals surface area contributed by atoms with E-state index in [-0.39, 0.29) is 12.2 Å². The minimum absolute atomic E-state index is 0.135. The van der Waals surface area contributed by atoms with Crippen LogP contribution in [-0.2, 0) is 16.0 Å². The maximum Gasteiger partial charge on any atom is 0.162 e. The van der Waals surface area contributed by atoms with Gasteiger partial charge in [0.2, 0.25) is 0 Å². The Hall–Kier alpha value is -1.15. The monoisotopic (exact) mass is 258 g/mol. The van der Waals surface area contributed by atoms with E-state index in [1.807, 2.05) is 0 Å². The Bertz CT molecular complexity index is 466. The van der Waals surface area contributed by atoms with Gasteiger partial charge in [0, 0.05) is 6.42 Å². The summed E-state index contributed by atoms with van der Waals surface area (Å²) in [7, 11) is 0. The molecule has 2 nitrogen and oxygen atoms in total. The minimum Gasteiger partial charge on any atom is -0.368 e. The topological polar surface area (TPSA) is 26.3 Å². The van der Waals surface area contributed by atoms with E-state index in [2.05, 4.69) is 31.2 Å². The molecule has 0 bridgehead atoms. The number of hydrogen-bond acceptors (Lipinski definition) is 2. The van der Waals surface area contributed by atoms with Crippen LogP contribution in [-0.4, -0.2) is 18.0 Å². The van der Waals surface area contributed by atoms with E-state index in [0.717, 1.165) is 25.7 Å². The van der Waals surface area contributed by atoms with E-state index < -0.39 is 0 Å². The number of ketones is 1. The Morgan fingerprint density at radius 2 is 2.11 bits per heavy atom. The lowest BCUT2D eigenvalue weighted by Crippen LogP contribution is -2.24. The molecule has 1 saturated heterocycles. The van der Waals surface area contributed by atoms with E-state index in [1.165, 1.54) is 17.5 Å². The Kier molecular flexibility index (Phi) is 3.69. The third kappa shape index (κ3) is 2.74. The van der Waals surface area contributed by atoms with Crippen LogP contribution in [0.1, 0.15) is 56.1 Å². The largest absolute Gasteiger partial charge is 0.368 e. The van der Waals surface area contributed by atoms with Gasteiger partial charge in [-0.3, -0.25) is 4.79 Å². The molecule has 1 aromatic carbocycles. The van der Waals surface area contributed by atoms with Crippen LogP contribution in [0.5, 0.6) is 0 Å². The van der Waals surface area contributed by atoms with E-state index in [0.29, 0.717) is 18.1 Å². The molecule has 102 valence electrons. The van der Waals surface area contributed by atoms with Crippen LogP contribution in [0.3, 0.4) is 0 Å². The predicted molar refractivity (Wildman–Crippen MR) is 75.3 cm³/mol. The minimum atomic E-state index is -0.135. The Labute approximate surface area is 115 Å². The van der Waals surface area contributed by atoms with Crippen LogP contribution in [0.15, 0.2) is 24.3 Å². The maximum atomic E-state index is 12.3. The summed E-state index contributed by atoms with van der Waals surface area (Å²) in [5.41, 5.74) is 2.83. The van der Waals surface area contributed by atoms with Gasteiger partial charge < -0.3 is 4.74 Å². The maximum absolute atomic E-state index is 12.3. The van der Waals surface area contributed by atoms with Crippen molar-refractivity contribution in [1.29, 1.82) is 0 Å². The molecule has 2 heteroatoms. The third-order valence-corrected chi connectivity index (χ3v) is 4.53. The molecular formula is C17H22O2. The summed E-state index contributed by atoms with van der Waals surface area (Å²) in [5.74, 6) is 0.725. The number of rotatable bonds is 3. The lowest BCUT2D eigenvalue weighted by Gasteiger charge is -2.25. The predicted octanol–water partition coefficient (Wildman–Crippen LogP) is 3.63. The molecule has 3 unspecified atom stereocenters. The lowest BCUT2D eigenvalue weighted by atomic mass is 9.79. The zero-order valence-electron chi connectivity index (χ0n) is 11.6. The third-order valence-electron chi connectivity index (χ3n) is 4.53. The summed E-state index contributed by atoms with van der Waals surface area (Å²) in [6, 6.07) is 8.60. The number of benzene rings is 1. The van der Waals surface area contributed by atoms with Crippen molar-refractivity contribution < 1.29 is 9.53 Å². The van der Waals surface area contributed by atoms with Crippen LogP contribution in [0, 0.1) is 0 Å². The molecule has 0 spiro atoms. The second-order valence-corrected chi connectivity index (χ2v) is 5.97. The van der Waals surface area contributed by atoms with Crippen molar-refractivity contribution in [3.05, 3.63) is 35.4 Å². The van der Waals surface area contributed by atoms with Crippen molar-refractivity contribution in [2.75, 3.05) is 0 Å². The highest BCUT2D eigenvalue weighted by molar-refractivity contribution is 5.84. The van der Waals surface area contributed by atoms with Crippen molar-refractivity contribution in [3.63, 3.8) is 0 Å². The number of aryl methyl sites for hydroxylation is 1. The molecule has 0 saturated carbocycles. The van der Waals surface area contributed by atoms with E-state index in [4.69, 9.17) is 4.74 Å². The van der Waals surface area contributed by atoms with E-state index >= 15 is 0 Å². The molecule has 0 aromatic heterocycles. The first-order valence-electron chi connectivity index (χ1n) is 7.50. The van der Waals surface area contributed by atoms with E-state index in [1.54, 1.807) is 0 Å². The molecule has 1 aromatic rings. The van der Waals surface area contributed by atoms with Gasteiger partial charge in [-0.05, 0) is 56.1 Å². The van der Waals surface area contributed by atoms with Crippen molar-refractivity contribution in [2.24, 2.45) is 0 Å². The smallest absolute Gasteiger partial charge is 0.162 e. The van der Waals surface area contributed by atoms with Crippen molar-refractivity contribution >= 4 is 5.78 Å². The van der Waals surface area contributed by atoms with Gasteiger partial charge in [-0.1, -0.05) is 24.3 Å². The molecule has 0 amide bonds. The number of Topliss-reactive ketones (excluding diaryl/α,β-unsaturated/α-hetero) is 1. The standard InChI is InChI=1S/C17H22O2/c1-12-9-10-17(19-12)16(18)11-14-7-4-6-13-5-2-3-8-15(13)14/h2-3,5,8,12,14,17H,4,6-7,9-11H2,1H3. The average molecular weight is 258 g/mol. The first kappa shape index (κ1) is 12.9. The number of hydrogen-bond donors (Lipinski definition) is 0. The van der Waals surface area contributed by atoms with Crippen molar-refractivity contribution in [3.8, 4) is 0 Å². The molecule has 0 radical (unpaired) electrons. The Balaban J connectivity index is 1.69. The van der Waals surface area contributed by atoms with Gasteiger partial charge in [0.25, 0.3) is 0 Å². The Morgan fingerprint density at radius 3 is 2.89 bits per heavy atom. The quantitative estimate of drug-likeness (QED) is 0.827. The normalized spacial score (nSPS) is 30.1. The highest BCUT2D eigenvalue weighted by Gasteiger charge is 2.31. The zero-order valence-corrected chi connectivity index (χ0v) is 11.6. The van der Waals surface area contributed by atoms with Gasteiger partial charge >= 0.3 is 0 Å². The van der Waals surface area contributed by atoms with Gasteiger partial charge in [-0.2, -0.15) is 0 Å². The fourth-order valence-corrected chi connectivity index (χ4v) is 3.48. The molecule has 1 aliphatic heterocycles. The first-order chi connectivity index (χ1) is 9.24. The number of carbonyl (C=O) groups excluding carboxylic acids is 1. The van der Waals surface area contributed by atoms with Gasteiger partial charge in [0.05, 0.1) is 6.10 Å². The molecule has 3 atom stereocenters. The second kappa shape index (κ2) is 5.46. The summed E-state index contributed by atoms with van der Waals surface area (Å²) >= 11 is 0. The van der Waals surface area contributed by atoms with Gasteiger partial charge in [0.1, 0.15) is 6.10 Å². The van der Waals surface area contributed by atoms with Gasteiger partial charge in [-0.25, -0.2) is 0 Å². The molecule has 3 rings (SSSR count). The van der Waals surface area contributed by atoms with Crippen molar-refractivity contribution in [2.45, 2.75) is 63.6 Å². The van der Waals surface area contributed by atoms with Crippen LogP contribution in [0.4, 0.5) is 0 Å². The lowest BCUT2D eigenvalue weighted by molar-refractivity contribution is -0.129. The Morgan fingerprint density at radius 1 is 1.26 bits per heavy atom. The summed E-state index contributed by atoms with van der Waals surface area (Å²) in [6.07, 6.45) is 6.23. The fourth-order valence-electron chi connectivity index (χ4n) is 3.48. The SMILES string of the molecule is CC1CCC(C(=O)CC2CCCc3ccccc32)O1. The van der Waals surface area contributed by atoms with Crippen LogP contribution in [0.2, 0.25) is 0 Å². The molecule has 0 N–H and O–H groups in total. The molecule has 1 aliphatic carbocycles. The highest BCUT2D eigenvalue weighted by atomic mass is 16.5. The van der Waals surface area contributed by atoms with E-state index in [9.17, 15) is 4.79 Å². The molecule has 1 heterocycles. The van der Waals surface area contributed by atoms with Crippen LogP contribution >= 0.6 is 0 Å². The molecule has 2 aliphatic rings. The number of fused-ring (bicyclic) bond motifs is 1. The summed E-state index contributed by atoms with van der Waals surface area (Å²) in [4.78, 5) is 12.3. The summed E-state index contributed by atoms with van der Waals surface area (Å²) in [5, 5.41) is 0. The molecule has 19 heavy (non-hydrogen) atoms. The second-order valence-electron chi connectivity index (χ2n) is 5.97. The number of carbonyl (C=O) groups is 1. The van der Waals surface area contributed by atoms with Crippen molar-refractivity contribution in [1.82, 2.24) is 0 Å². The zero-order chi connectivity index (χ0) is 13.2. The summed E-state index contributed by atoms with van der Waals surface area (Å²) in [6.45, 7) is 2.06. The van der Waals surface area contributed by atoms with Crippen LogP contribution in [0.25, 0.3) is 0 Å². The van der Waals surface area contributed by atoms with Gasteiger partial charge in [-0.15, -0.1) is 0 Å². The summed E-state index contributed by atoms with van der Waals surface area (Å²) < 4.78 is 5.70. The van der Waals surface area contributed by atoms with Crippen LogP contribution < -0.4 is 0 Å². The highest BCUT2D eigenvalue weighted by Crippen LogP contribution is 2.35.